The molecule has 0 aliphatic carbocycles. The third kappa shape index (κ3) is 3.09. The van der Waals surface area contributed by atoms with E-state index < -0.39 is 0 Å². The molecule has 0 unspecified atom stereocenters. The summed E-state index contributed by atoms with van der Waals surface area (Å²) in [6.07, 6.45) is 0. The van der Waals surface area contributed by atoms with Gasteiger partial charge in [0, 0.05) is 12.7 Å². The fraction of sp³-hybridized carbons (Fsp3) is 0.300. The van der Waals surface area contributed by atoms with Crippen LogP contribution in [0.4, 0.5) is 0 Å². The van der Waals surface area contributed by atoms with Crippen molar-refractivity contribution in [1.82, 2.24) is 0 Å². The second-order valence-corrected chi connectivity index (χ2v) is 3.92. The summed E-state index contributed by atoms with van der Waals surface area (Å²) in [5.74, 6) is 0.787. The highest BCUT2D eigenvalue weighted by Crippen LogP contribution is 2.12. The van der Waals surface area contributed by atoms with Crippen LogP contribution in [0.15, 0.2) is 24.3 Å². The van der Waals surface area contributed by atoms with E-state index >= 15 is 0 Å². The first-order valence-electron chi connectivity index (χ1n) is 3.87. The molecule has 0 spiro atoms. The Morgan fingerprint density at radius 2 is 1.92 bits per heavy atom. The molecule has 0 saturated carbocycles. The summed E-state index contributed by atoms with van der Waals surface area (Å²) in [6.45, 7) is 3.65. The van der Waals surface area contributed by atoms with E-state index in [1.807, 2.05) is 0 Å². The molecule has 0 atom stereocenters. The third-order valence-corrected chi connectivity index (χ3v) is 2.45. The van der Waals surface area contributed by atoms with Crippen molar-refractivity contribution < 1.29 is 4.79 Å². The number of hydrogen-bond donors (Lipinski definition) is 0. The lowest BCUT2D eigenvalue weighted by molar-refractivity contribution is -0.109. The lowest BCUT2D eigenvalue weighted by atomic mass is 10.2. The fourth-order valence-electron chi connectivity index (χ4n) is 0.869. The molecule has 0 saturated heterocycles. The number of aryl methyl sites for hydroxylation is 1. The highest BCUT2D eigenvalue weighted by molar-refractivity contribution is 8.12. The van der Waals surface area contributed by atoms with Crippen LogP contribution in [0.5, 0.6) is 0 Å². The van der Waals surface area contributed by atoms with Gasteiger partial charge in [-0.05, 0) is 12.5 Å². The summed E-state index contributed by atoms with van der Waals surface area (Å²) in [5, 5.41) is 0.176. The Hall–Kier alpha value is -0.760. The van der Waals surface area contributed by atoms with E-state index in [9.17, 15) is 4.79 Å². The van der Waals surface area contributed by atoms with Gasteiger partial charge >= 0.3 is 0 Å². The first-order chi connectivity index (χ1) is 5.68. The van der Waals surface area contributed by atoms with Crippen molar-refractivity contribution in [2.45, 2.75) is 19.6 Å². The molecule has 0 aliphatic rings. The smallest absolute Gasteiger partial charge is 0.186 e. The molecule has 64 valence electrons. The van der Waals surface area contributed by atoms with Crippen LogP contribution in [0.25, 0.3) is 0 Å². The third-order valence-electron chi connectivity index (χ3n) is 1.56. The van der Waals surface area contributed by atoms with Crippen molar-refractivity contribution in [3.8, 4) is 0 Å². The topological polar surface area (TPSA) is 17.1 Å². The summed E-state index contributed by atoms with van der Waals surface area (Å²) < 4.78 is 0. The Bertz CT molecular complexity index is 264. The van der Waals surface area contributed by atoms with Gasteiger partial charge in [-0.1, -0.05) is 41.6 Å². The average molecular weight is 180 g/mol. The summed E-state index contributed by atoms with van der Waals surface area (Å²) in [4.78, 5) is 10.6. The number of benzene rings is 1. The summed E-state index contributed by atoms with van der Waals surface area (Å²) >= 11 is 1.35. The summed E-state index contributed by atoms with van der Waals surface area (Å²) in [7, 11) is 0. The minimum Gasteiger partial charge on any atom is -0.288 e. The molecule has 1 nitrogen and oxygen atoms in total. The normalized spacial score (nSPS) is 9.83. The van der Waals surface area contributed by atoms with Gasteiger partial charge in [0.2, 0.25) is 0 Å². The predicted molar refractivity (Wildman–Crippen MR) is 53.2 cm³/mol. The molecule has 0 radical (unpaired) electrons. The highest BCUT2D eigenvalue weighted by Gasteiger charge is 1.95. The van der Waals surface area contributed by atoms with Crippen LogP contribution in [-0.2, 0) is 10.5 Å². The fourth-order valence-corrected chi connectivity index (χ4v) is 1.43. The summed E-state index contributed by atoms with van der Waals surface area (Å²) in [5.41, 5.74) is 2.47. The molecular weight excluding hydrogens is 168 g/mol. The monoisotopic (exact) mass is 180 g/mol. The highest BCUT2D eigenvalue weighted by atomic mass is 32.2. The summed E-state index contributed by atoms with van der Waals surface area (Å²) in [6, 6.07) is 8.25. The van der Waals surface area contributed by atoms with Crippen LogP contribution >= 0.6 is 11.8 Å². The van der Waals surface area contributed by atoms with Crippen LogP contribution in [0.1, 0.15) is 18.1 Å². The Kier molecular flexibility index (Phi) is 3.35. The number of rotatable bonds is 2. The van der Waals surface area contributed by atoms with E-state index in [-0.39, 0.29) is 5.12 Å². The van der Waals surface area contributed by atoms with E-state index in [0.29, 0.717) is 0 Å². The van der Waals surface area contributed by atoms with Gasteiger partial charge in [0.25, 0.3) is 0 Å². The van der Waals surface area contributed by atoms with Crippen molar-refractivity contribution in [1.29, 1.82) is 0 Å². The Morgan fingerprint density at radius 3 is 2.42 bits per heavy atom. The quantitative estimate of drug-likeness (QED) is 0.696. The van der Waals surface area contributed by atoms with Crippen LogP contribution in [0.2, 0.25) is 0 Å². The number of hydrogen-bond acceptors (Lipinski definition) is 2. The van der Waals surface area contributed by atoms with Crippen LogP contribution < -0.4 is 0 Å². The lowest BCUT2D eigenvalue weighted by Gasteiger charge is -1.98. The molecule has 1 rings (SSSR count). The van der Waals surface area contributed by atoms with E-state index in [0.717, 1.165) is 5.75 Å². The SMILES string of the molecule is CC(=O)SCc1ccc(C)cc1. The van der Waals surface area contributed by atoms with Gasteiger partial charge < -0.3 is 0 Å². The second kappa shape index (κ2) is 4.31. The number of thioether (sulfide) groups is 1. The van der Waals surface area contributed by atoms with Crippen molar-refractivity contribution >= 4 is 16.9 Å². The van der Waals surface area contributed by atoms with Crippen LogP contribution in [-0.4, -0.2) is 5.12 Å². The van der Waals surface area contributed by atoms with Gasteiger partial charge in [-0.25, -0.2) is 0 Å². The number of carbonyl (C=O) groups is 1. The first-order valence-corrected chi connectivity index (χ1v) is 4.86. The van der Waals surface area contributed by atoms with Crippen LogP contribution in [0, 0.1) is 6.92 Å². The zero-order valence-corrected chi connectivity index (χ0v) is 8.15. The van der Waals surface area contributed by atoms with Gasteiger partial charge in [-0.2, -0.15) is 0 Å². The van der Waals surface area contributed by atoms with E-state index in [1.54, 1.807) is 6.92 Å². The Labute approximate surface area is 77.2 Å². The zero-order chi connectivity index (χ0) is 8.97. The van der Waals surface area contributed by atoms with E-state index in [2.05, 4.69) is 31.2 Å². The van der Waals surface area contributed by atoms with Crippen molar-refractivity contribution in [3.63, 3.8) is 0 Å². The molecule has 0 N–H and O–H groups in total. The minimum absolute atomic E-state index is 0.176. The van der Waals surface area contributed by atoms with Crippen LogP contribution in [0.3, 0.4) is 0 Å². The molecule has 0 heterocycles. The maximum atomic E-state index is 10.6. The molecule has 2 heteroatoms. The largest absolute Gasteiger partial charge is 0.288 e. The van der Waals surface area contributed by atoms with Crippen molar-refractivity contribution in [2.24, 2.45) is 0 Å². The Morgan fingerprint density at radius 1 is 1.33 bits per heavy atom. The molecule has 1 aromatic carbocycles. The molecule has 0 aromatic heterocycles. The second-order valence-electron chi connectivity index (χ2n) is 2.77. The average Bonchev–Trinajstić information content (AvgIpc) is 2.03. The molecule has 0 aliphatic heterocycles. The molecule has 0 amide bonds. The number of carbonyl (C=O) groups excluding carboxylic acids is 1. The predicted octanol–water partition coefficient (Wildman–Crippen LogP) is 2.77. The maximum absolute atomic E-state index is 10.6. The molecule has 0 bridgehead atoms. The molecular formula is C10H12OS. The van der Waals surface area contributed by atoms with E-state index in [1.165, 1.54) is 22.9 Å². The first kappa shape index (κ1) is 9.33. The molecule has 12 heavy (non-hydrogen) atoms. The molecule has 1 aromatic rings. The van der Waals surface area contributed by atoms with Gasteiger partial charge in [0.15, 0.2) is 5.12 Å². The van der Waals surface area contributed by atoms with Crippen molar-refractivity contribution in [3.05, 3.63) is 35.4 Å². The van der Waals surface area contributed by atoms with E-state index in [4.69, 9.17) is 0 Å². The maximum Gasteiger partial charge on any atom is 0.186 e. The minimum atomic E-state index is 0.176. The molecule has 0 fully saturated rings. The van der Waals surface area contributed by atoms with Gasteiger partial charge in [-0.15, -0.1) is 0 Å². The van der Waals surface area contributed by atoms with Crippen molar-refractivity contribution in [2.75, 3.05) is 0 Å². The van der Waals surface area contributed by atoms with Gasteiger partial charge in [0.1, 0.15) is 0 Å². The van der Waals surface area contributed by atoms with Gasteiger partial charge in [0.05, 0.1) is 0 Å². The zero-order valence-electron chi connectivity index (χ0n) is 7.33. The van der Waals surface area contributed by atoms with Gasteiger partial charge in [-0.3, -0.25) is 4.79 Å². The standard InChI is InChI=1S/C10H12OS/c1-8-3-5-10(6-4-8)7-12-9(2)11/h3-6H,7H2,1-2H3. The Balaban J connectivity index is 2.53. The lowest BCUT2D eigenvalue weighted by Crippen LogP contribution is -1.85.